The molecule has 0 radical (unpaired) electrons. The Kier molecular flexibility index (Phi) is 6.09. The number of thioether (sulfide) groups is 1. The van der Waals surface area contributed by atoms with Gasteiger partial charge >= 0.3 is 0 Å². The largest absolute Gasteiger partial charge is 0.313 e. The van der Waals surface area contributed by atoms with E-state index in [9.17, 15) is 0 Å². The standard InChI is InChI=1S/C12H15Cl2N5S/c1-19-12(16-17-18-19)20-7-3-6-15-8-9-4-2-5-10(13)11(9)14/h2,4-5,15H,3,6-8H2,1H3. The maximum atomic E-state index is 6.12. The first kappa shape index (κ1) is 15.6. The summed E-state index contributed by atoms with van der Waals surface area (Å²) in [5, 5.41) is 16.7. The van der Waals surface area contributed by atoms with Crippen LogP contribution in [0.5, 0.6) is 0 Å². The molecule has 0 amide bonds. The van der Waals surface area contributed by atoms with Crippen molar-refractivity contribution in [3.63, 3.8) is 0 Å². The van der Waals surface area contributed by atoms with E-state index in [4.69, 9.17) is 23.2 Å². The number of rotatable bonds is 7. The third-order valence-corrected chi connectivity index (χ3v) is 4.61. The molecule has 1 aromatic heterocycles. The summed E-state index contributed by atoms with van der Waals surface area (Å²) in [4.78, 5) is 0. The fourth-order valence-corrected chi connectivity index (χ4v) is 2.79. The minimum absolute atomic E-state index is 0.594. The Morgan fingerprint density at radius 2 is 2.20 bits per heavy atom. The Bertz CT molecular complexity index is 561. The van der Waals surface area contributed by atoms with Gasteiger partial charge in [0.25, 0.3) is 0 Å². The van der Waals surface area contributed by atoms with Crippen LogP contribution in [0.1, 0.15) is 12.0 Å². The summed E-state index contributed by atoms with van der Waals surface area (Å²) in [5.41, 5.74) is 1.02. The van der Waals surface area contributed by atoms with Gasteiger partial charge in [-0.15, -0.1) is 5.10 Å². The zero-order valence-corrected chi connectivity index (χ0v) is 13.3. The van der Waals surface area contributed by atoms with Crippen LogP contribution in [0.4, 0.5) is 0 Å². The molecule has 1 N–H and O–H groups in total. The summed E-state index contributed by atoms with van der Waals surface area (Å²) in [5.74, 6) is 0.963. The zero-order chi connectivity index (χ0) is 14.4. The lowest BCUT2D eigenvalue weighted by molar-refractivity contribution is 0.661. The number of halogens is 2. The van der Waals surface area contributed by atoms with Gasteiger partial charge in [-0.3, -0.25) is 0 Å². The molecule has 0 spiro atoms. The second-order valence-corrected chi connectivity index (χ2v) is 6.02. The van der Waals surface area contributed by atoms with E-state index in [-0.39, 0.29) is 0 Å². The fourth-order valence-electron chi connectivity index (χ4n) is 1.61. The number of tetrazole rings is 1. The van der Waals surface area contributed by atoms with Crippen molar-refractivity contribution in [3.8, 4) is 0 Å². The van der Waals surface area contributed by atoms with Crippen LogP contribution < -0.4 is 5.32 Å². The molecule has 0 bridgehead atoms. The van der Waals surface area contributed by atoms with Crippen molar-refractivity contribution in [1.29, 1.82) is 0 Å². The number of hydrogen-bond acceptors (Lipinski definition) is 5. The number of nitrogens with one attached hydrogen (secondary N) is 1. The second kappa shape index (κ2) is 7.83. The molecule has 0 fully saturated rings. The van der Waals surface area contributed by atoms with E-state index in [1.807, 2.05) is 19.2 Å². The number of hydrogen-bond donors (Lipinski definition) is 1. The Balaban J connectivity index is 1.64. The number of benzene rings is 1. The third kappa shape index (κ3) is 4.34. The number of aryl methyl sites for hydroxylation is 1. The van der Waals surface area contributed by atoms with E-state index in [1.165, 1.54) is 0 Å². The van der Waals surface area contributed by atoms with Gasteiger partial charge in [0.1, 0.15) is 0 Å². The van der Waals surface area contributed by atoms with Crippen molar-refractivity contribution >= 4 is 35.0 Å². The van der Waals surface area contributed by atoms with Gasteiger partial charge in [0.15, 0.2) is 0 Å². The van der Waals surface area contributed by atoms with Crippen LogP contribution in [0.25, 0.3) is 0 Å². The Hall–Kier alpha value is -0.820. The summed E-state index contributed by atoms with van der Waals surface area (Å²) in [6, 6.07) is 5.67. The molecular weight excluding hydrogens is 317 g/mol. The van der Waals surface area contributed by atoms with Crippen molar-refractivity contribution < 1.29 is 0 Å². The summed E-state index contributed by atoms with van der Waals surface area (Å²) >= 11 is 13.7. The Morgan fingerprint density at radius 3 is 2.95 bits per heavy atom. The SMILES string of the molecule is Cn1nnnc1SCCCNCc1cccc(Cl)c1Cl. The molecule has 1 aromatic carbocycles. The minimum Gasteiger partial charge on any atom is -0.313 e. The van der Waals surface area contributed by atoms with E-state index in [0.717, 1.165) is 36.0 Å². The van der Waals surface area contributed by atoms with Gasteiger partial charge in [-0.25, -0.2) is 4.68 Å². The van der Waals surface area contributed by atoms with Crippen LogP contribution in [-0.4, -0.2) is 32.5 Å². The molecule has 5 nitrogen and oxygen atoms in total. The number of aromatic nitrogens is 4. The van der Waals surface area contributed by atoms with Gasteiger partial charge in [0, 0.05) is 19.3 Å². The molecular formula is C12H15Cl2N5S. The predicted molar refractivity (Wildman–Crippen MR) is 82.3 cm³/mol. The van der Waals surface area contributed by atoms with Gasteiger partial charge in [-0.05, 0) is 35.0 Å². The maximum absolute atomic E-state index is 6.12. The topological polar surface area (TPSA) is 55.6 Å². The molecule has 2 rings (SSSR count). The zero-order valence-electron chi connectivity index (χ0n) is 11.0. The molecule has 0 aliphatic rings. The third-order valence-electron chi connectivity index (χ3n) is 2.66. The monoisotopic (exact) mass is 331 g/mol. The highest BCUT2D eigenvalue weighted by Gasteiger charge is 2.04. The summed E-state index contributed by atoms with van der Waals surface area (Å²) in [7, 11) is 1.84. The van der Waals surface area contributed by atoms with Crippen LogP contribution >= 0.6 is 35.0 Å². The van der Waals surface area contributed by atoms with Crippen LogP contribution in [0.15, 0.2) is 23.4 Å². The van der Waals surface area contributed by atoms with E-state index in [0.29, 0.717) is 10.0 Å². The van der Waals surface area contributed by atoms with Crippen molar-refractivity contribution in [2.45, 2.75) is 18.1 Å². The molecule has 0 atom stereocenters. The van der Waals surface area contributed by atoms with Gasteiger partial charge in [0.05, 0.1) is 10.0 Å². The Labute approximate surface area is 132 Å². The number of nitrogens with zero attached hydrogens (tertiary/aromatic N) is 4. The van der Waals surface area contributed by atoms with Crippen molar-refractivity contribution in [3.05, 3.63) is 33.8 Å². The molecule has 0 saturated carbocycles. The van der Waals surface area contributed by atoms with Crippen molar-refractivity contribution in [2.24, 2.45) is 7.05 Å². The van der Waals surface area contributed by atoms with Crippen LogP contribution in [0, 0.1) is 0 Å². The average molecular weight is 332 g/mol. The molecule has 0 unspecified atom stereocenters. The molecule has 8 heteroatoms. The van der Waals surface area contributed by atoms with E-state index >= 15 is 0 Å². The van der Waals surface area contributed by atoms with Gasteiger partial charge in [-0.1, -0.05) is 47.1 Å². The quantitative estimate of drug-likeness (QED) is 0.624. The highest BCUT2D eigenvalue weighted by molar-refractivity contribution is 7.99. The van der Waals surface area contributed by atoms with Crippen LogP contribution in [0.2, 0.25) is 10.0 Å². The minimum atomic E-state index is 0.594. The van der Waals surface area contributed by atoms with Crippen molar-refractivity contribution in [1.82, 2.24) is 25.5 Å². The van der Waals surface area contributed by atoms with Crippen molar-refractivity contribution in [2.75, 3.05) is 12.3 Å². The van der Waals surface area contributed by atoms with Gasteiger partial charge in [-0.2, -0.15) is 0 Å². The first-order chi connectivity index (χ1) is 9.68. The normalized spacial score (nSPS) is 10.9. The molecule has 20 heavy (non-hydrogen) atoms. The van der Waals surface area contributed by atoms with E-state index in [2.05, 4.69) is 20.8 Å². The summed E-state index contributed by atoms with van der Waals surface area (Å²) in [6.45, 7) is 1.62. The molecule has 0 aliphatic heterocycles. The highest BCUT2D eigenvalue weighted by Crippen LogP contribution is 2.25. The first-order valence-corrected chi connectivity index (χ1v) is 7.91. The maximum Gasteiger partial charge on any atom is 0.209 e. The highest BCUT2D eigenvalue weighted by atomic mass is 35.5. The molecule has 1 heterocycles. The predicted octanol–water partition coefficient (Wildman–Crippen LogP) is 2.79. The Morgan fingerprint density at radius 1 is 1.35 bits per heavy atom. The van der Waals surface area contributed by atoms with Gasteiger partial charge in [0.2, 0.25) is 5.16 Å². The summed E-state index contributed by atoms with van der Waals surface area (Å²) < 4.78 is 1.67. The second-order valence-electron chi connectivity index (χ2n) is 4.18. The first-order valence-electron chi connectivity index (χ1n) is 6.17. The lowest BCUT2D eigenvalue weighted by atomic mass is 10.2. The van der Waals surface area contributed by atoms with E-state index in [1.54, 1.807) is 22.5 Å². The van der Waals surface area contributed by atoms with Crippen LogP contribution in [0.3, 0.4) is 0 Å². The molecule has 0 saturated heterocycles. The van der Waals surface area contributed by atoms with Gasteiger partial charge < -0.3 is 5.32 Å². The summed E-state index contributed by atoms with van der Waals surface area (Å²) in [6.07, 6.45) is 1.02. The molecule has 108 valence electrons. The van der Waals surface area contributed by atoms with Crippen LogP contribution in [-0.2, 0) is 13.6 Å². The molecule has 2 aromatic rings. The molecule has 0 aliphatic carbocycles. The lowest BCUT2D eigenvalue weighted by Gasteiger charge is -2.07. The smallest absolute Gasteiger partial charge is 0.209 e. The average Bonchev–Trinajstić information content (AvgIpc) is 2.84. The van der Waals surface area contributed by atoms with E-state index < -0.39 is 0 Å². The lowest BCUT2D eigenvalue weighted by Crippen LogP contribution is -2.15. The fraction of sp³-hybridized carbons (Fsp3) is 0.417.